The second kappa shape index (κ2) is 10.1. The average molecular weight is 493 g/mol. The normalized spacial score (nSPS) is 11.3. The lowest BCUT2D eigenvalue weighted by molar-refractivity contribution is 0.0962. The van der Waals surface area contributed by atoms with E-state index < -0.39 is 15.9 Å². The number of anilines is 1. The summed E-state index contributed by atoms with van der Waals surface area (Å²) in [5.41, 5.74) is 6.15. The van der Waals surface area contributed by atoms with Crippen molar-refractivity contribution in [3.63, 3.8) is 0 Å². The van der Waals surface area contributed by atoms with Crippen LogP contribution in [0.1, 0.15) is 10.4 Å². The van der Waals surface area contributed by atoms with Crippen LogP contribution >= 0.6 is 22.9 Å². The van der Waals surface area contributed by atoms with Crippen LogP contribution in [0.2, 0.25) is 5.02 Å². The van der Waals surface area contributed by atoms with Gasteiger partial charge in [0.2, 0.25) is 15.2 Å². The van der Waals surface area contributed by atoms with Crippen molar-refractivity contribution >= 4 is 54.2 Å². The highest BCUT2D eigenvalue weighted by molar-refractivity contribution is 7.89. The first-order valence-electron chi connectivity index (χ1n) is 9.33. The molecule has 1 aromatic heterocycles. The average Bonchev–Trinajstić information content (AvgIpc) is 3.23. The van der Waals surface area contributed by atoms with E-state index in [2.05, 4.69) is 29.0 Å². The van der Waals surface area contributed by atoms with Gasteiger partial charge in [-0.2, -0.15) is 4.31 Å². The Morgan fingerprint density at radius 3 is 2.44 bits per heavy atom. The standard InChI is InChI=1S/C21H21ClN4O4S2/c1-4-12-26(13-5-2)32(28,29)15-8-6-14(7-9-15)20(27)24-25-21-23-18-17(30-3)11-10-16(22)19(18)31-21/h4-11H,1-2,12-13H2,3H3,(H,23,25)(H,24,27). The van der Waals surface area contributed by atoms with Crippen molar-refractivity contribution in [3.8, 4) is 5.75 Å². The van der Waals surface area contributed by atoms with Crippen LogP contribution in [0.15, 0.2) is 66.6 Å². The van der Waals surface area contributed by atoms with Crippen LogP contribution in [0.25, 0.3) is 10.2 Å². The number of sulfonamides is 1. The van der Waals surface area contributed by atoms with Gasteiger partial charge in [-0.3, -0.25) is 15.6 Å². The molecule has 1 amide bonds. The van der Waals surface area contributed by atoms with Gasteiger partial charge in [-0.25, -0.2) is 13.4 Å². The molecule has 0 aliphatic rings. The first kappa shape index (κ1) is 23.7. The number of amides is 1. The number of methoxy groups -OCH3 is 1. The molecule has 0 radical (unpaired) electrons. The molecule has 0 saturated carbocycles. The van der Waals surface area contributed by atoms with Crippen molar-refractivity contribution < 1.29 is 17.9 Å². The molecular formula is C21H21ClN4O4S2. The number of hydrogen-bond donors (Lipinski definition) is 2. The van der Waals surface area contributed by atoms with Gasteiger partial charge in [-0.15, -0.1) is 13.2 Å². The Morgan fingerprint density at radius 1 is 1.19 bits per heavy atom. The Balaban J connectivity index is 1.73. The Bertz CT molecular complexity index is 1250. The van der Waals surface area contributed by atoms with Crippen LogP contribution < -0.4 is 15.6 Å². The quantitative estimate of drug-likeness (QED) is 0.327. The van der Waals surface area contributed by atoms with Crippen LogP contribution in [0, 0.1) is 0 Å². The van der Waals surface area contributed by atoms with Crippen LogP contribution in [-0.2, 0) is 10.0 Å². The van der Waals surface area contributed by atoms with Crippen molar-refractivity contribution in [1.29, 1.82) is 0 Å². The Morgan fingerprint density at radius 2 is 1.84 bits per heavy atom. The molecule has 11 heteroatoms. The first-order chi connectivity index (χ1) is 15.3. The van der Waals surface area contributed by atoms with E-state index in [4.69, 9.17) is 16.3 Å². The van der Waals surface area contributed by atoms with E-state index in [1.807, 2.05) is 0 Å². The molecule has 32 heavy (non-hydrogen) atoms. The Kier molecular flexibility index (Phi) is 7.52. The van der Waals surface area contributed by atoms with Crippen molar-refractivity contribution in [1.82, 2.24) is 14.7 Å². The minimum atomic E-state index is -3.74. The van der Waals surface area contributed by atoms with Gasteiger partial charge in [0.15, 0.2) is 0 Å². The van der Waals surface area contributed by atoms with E-state index in [9.17, 15) is 13.2 Å². The molecule has 1 heterocycles. The van der Waals surface area contributed by atoms with Crippen LogP contribution in [-0.4, -0.2) is 43.8 Å². The maximum atomic E-state index is 12.8. The maximum Gasteiger partial charge on any atom is 0.269 e. The third-order valence-electron chi connectivity index (χ3n) is 4.38. The number of nitrogens with one attached hydrogen (secondary N) is 2. The van der Waals surface area contributed by atoms with Gasteiger partial charge in [0.05, 0.1) is 21.7 Å². The second-order valence-electron chi connectivity index (χ2n) is 6.45. The summed E-state index contributed by atoms with van der Waals surface area (Å²) < 4.78 is 32.8. The monoisotopic (exact) mass is 492 g/mol. The van der Waals surface area contributed by atoms with Crippen molar-refractivity contribution in [2.45, 2.75) is 4.90 Å². The molecule has 3 aromatic rings. The van der Waals surface area contributed by atoms with Crippen LogP contribution in [0.3, 0.4) is 0 Å². The Labute approximate surface area is 195 Å². The number of carbonyl (C=O) groups is 1. The number of halogens is 1. The number of thiazole rings is 1. The molecule has 0 bridgehead atoms. The fourth-order valence-corrected chi connectivity index (χ4v) is 5.33. The summed E-state index contributed by atoms with van der Waals surface area (Å²) in [6, 6.07) is 9.06. The van der Waals surface area contributed by atoms with E-state index in [-0.39, 0.29) is 23.5 Å². The topological polar surface area (TPSA) is 101 Å². The molecule has 0 saturated heterocycles. The fourth-order valence-electron chi connectivity index (χ4n) is 2.84. The van der Waals surface area contributed by atoms with Gasteiger partial charge in [0.1, 0.15) is 11.3 Å². The number of hydrogen-bond acceptors (Lipinski definition) is 7. The SMILES string of the molecule is C=CCN(CC=C)S(=O)(=O)c1ccc(C(=O)NNc2nc3c(OC)ccc(Cl)c3s2)cc1. The Hall–Kier alpha value is -2.92. The zero-order valence-corrected chi connectivity index (χ0v) is 19.6. The minimum Gasteiger partial charge on any atom is -0.494 e. The first-order valence-corrected chi connectivity index (χ1v) is 12.0. The third kappa shape index (κ3) is 4.94. The van der Waals surface area contributed by atoms with Gasteiger partial charge in [-0.1, -0.05) is 35.1 Å². The van der Waals surface area contributed by atoms with Gasteiger partial charge in [-0.05, 0) is 36.4 Å². The summed E-state index contributed by atoms with van der Waals surface area (Å²) in [6.45, 7) is 7.46. The van der Waals surface area contributed by atoms with E-state index in [0.29, 0.717) is 21.4 Å². The van der Waals surface area contributed by atoms with Crippen molar-refractivity contribution in [3.05, 3.63) is 72.3 Å². The van der Waals surface area contributed by atoms with Gasteiger partial charge in [0, 0.05) is 18.7 Å². The molecule has 0 aliphatic carbocycles. The molecule has 0 unspecified atom stereocenters. The lowest BCUT2D eigenvalue weighted by Crippen LogP contribution is -2.31. The molecule has 0 aliphatic heterocycles. The highest BCUT2D eigenvalue weighted by Crippen LogP contribution is 2.37. The maximum absolute atomic E-state index is 12.8. The minimum absolute atomic E-state index is 0.0682. The zero-order valence-electron chi connectivity index (χ0n) is 17.2. The number of carbonyl (C=O) groups excluding carboxylic acids is 1. The molecule has 2 aromatic carbocycles. The number of nitrogens with zero attached hydrogens (tertiary/aromatic N) is 2. The van der Waals surface area contributed by atoms with Crippen LogP contribution in [0.5, 0.6) is 5.75 Å². The van der Waals surface area contributed by atoms with E-state index in [1.165, 1.54) is 59.2 Å². The highest BCUT2D eigenvalue weighted by atomic mass is 35.5. The van der Waals surface area contributed by atoms with Gasteiger partial charge < -0.3 is 4.74 Å². The lowest BCUT2D eigenvalue weighted by Gasteiger charge is -2.19. The second-order valence-corrected chi connectivity index (χ2v) is 9.79. The predicted molar refractivity (Wildman–Crippen MR) is 128 cm³/mol. The van der Waals surface area contributed by atoms with Crippen LogP contribution in [0.4, 0.5) is 5.13 Å². The summed E-state index contributed by atoms with van der Waals surface area (Å²) in [5.74, 6) is 0.110. The number of ether oxygens (including phenoxy) is 1. The van der Waals surface area contributed by atoms with Crippen molar-refractivity contribution in [2.24, 2.45) is 0 Å². The van der Waals surface area contributed by atoms with Crippen molar-refractivity contribution in [2.75, 3.05) is 25.6 Å². The van der Waals surface area contributed by atoms with Gasteiger partial charge >= 0.3 is 0 Å². The van der Waals surface area contributed by atoms with E-state index in [1.54, 1.807) is 12.1 Å². The summed E-state index contributed by atoms with van der Waals surface area (Å²) >= 11 is 7.47. The number of hydrazine groups is 1. The third-order valence-corrected chi connectivity index (χ3v) is 7.66. The molecule has 8 nitrogen and oxygen atoms in total. The number of benzene rings is 2. The largest absolute Gasteiger partial charge is 0.494 e. The van der Waals surface area contributed by atoms with E-state index in [0.717, 1.165) is 4.70 Å². The number of rotatable bonds is 10. The van der Waals surface area contributed by atoms with E-state index >= 15 is 0 Å². The fraction of sp³-hybridized carbons (Fsp3) is 0.143. The molecule has 3 rings (SSSR count). The summed E-state index contributed by atoms with van der Waals surface area (Å²) in [4.78, 5) is 17.0. The smallest absolute Gasteiger partial charge is 0.269 e. The predicted octanol–water partition coefficient (Wildman–Crippen LogP) is 4.08. The molecular weight excluding hydrogens is 472 g/mol. The zero-order chi connectivity index (χ0) is 23.3. The summed E-state index contributed by atoms with van der Waals surface area (Å²) in [7, 11) is -2.20. The molecule has 0 fully saturated rings. The van der Waals surface area contributed by atoms with Gasteiger partial charge in [0.25, 0.3) is 5.91 Å². The summed E-state index contributed by atoms with van der Waals surface area (Å²) in [6.07, 6.45) is 3.00. The number of aromatic nitrogens is 1. The molecule has 0 spiro atoms. The molecule has 2 N–H and O–H groups in total. The highest BCUT2D eigenvalue weighted by Gasteiger charge is 2.22. The lowest BCUT2D eigenvalue weighted by atomic mass is 10.2. The molecule has 168 valence electrons. The molecule has 0 atom stereocenters. The number of fused-ring (bicyclic) bond motifs is 1. The summed E-state index contributed by atoms with van der Waals surface area (Å²) in [5, 5.41) is 0.944.